The number of esters is 1. The van der Waals surface area contributed by atoms with Gasteiger partial charge in [0.15, 0.2) is 5.75 Å². The molecule has 0 amide bonds. The number of carbonyl (C=O) groups excluding carboxylic acids is 1. The zero-order valence-corrected chi connectivity index (χ0v) is 15.5. The Morgan fingerprint density at radius 1 is 1.38 bits per heavy atom. The minimum Gasteiger partial charge on any atom is -0.497 e. The average molecular weight is 370 g/mol. The van der Waals surface area contributed by atoms with E-state index >= 15 is 0 Å². The van der Waals surface area contributed by atoms with E-state index < -0.39 is 11.9 Å². The van der Waals surface area contributed by atoms with E-state index in [1.54, 1.807) is 14.0 Å². The largest absolute Gasteiger partial charge is 0.497 e. The van der Waals surface area contributed by atoms with Crippen LogP contribution in [-0.4, -0.2) is 19.7 Å². The number of hydrogen-bond acceptors (Lipinski definition) is 7. The van der Waals surface area contributed by atoms with E-state index in [0.29, 0.717) is 22.6 Å². The van der Waals surface area contributed by atoms with E-state index in [2.05, 4.69) is 6.07 Å². The van der Waals surface area contributed by atoms with E-state index in [4.69, 9.17) is 19.9 Å². The summed E-state index contributed by atoms with van der Waals surface area (Å²) in [6, 6.07) is 9.54. The Bertz CT molecular complexity index is 922. The van der Waals surface area contributed by atoms with Crippen LogP contribution < -0.4 is 15.2 Å². The highest BCUT2D eigenvalue weighted by atomic mass is 32.1. The number of allylic oxidation sites excluding steroid dienone is 1. The molecule has 3 rings (SSSR count). The monoisotopic (exact) mass is 370 g/mol. The van der Waals surface area contributed by atoms with Gasteiger partial charge in [-0.1, -0.05) is 12.1 Å². The zero-order valence-electron chi connectivity index (χ0n) is 14.7. The Kier molecular flexibility index (Phi) is 4.87. The van der Waals surface area contributed by atoms with Crippen molar-refractivity contribution in [3.63, 3.8) is 0 Å². The Morgan fingerprint density at radius 3 is 2.65 bits per heavy atom. The van der Waals surface area contributed by atoms with Crippen LogP contribution in [0.2, 0.25) is 0 Å². The van der Waals surface area contributed by atoms with Crippen molar-refractivity contribution in [3.05, 3.63) is 56.6 Å². The zero-order chi connectivity index (χ0) is 18.8. The molecule has 2 aromatic rings. The SMILES string of the molecule is CCOC(=O)c1c(C)sc2c1OC(N)=C(C#N)C2c1ccc(OC)cc1. The van der Waals surface area contributed by atoms with E-state index in [1.165, 1.54) is 11.3 Å². The van der Waals surface area contributed by atoms with Crippen LogP contribution in [0.5, 0.6) is 11.5 Å². The van der Waals surface area contributed by atoms with Gasteiger partial charge in [0.2, 0.25) is 5.88 Å². The van der Waals surface area contributed by atoms with Crippen LogP contribution in [0, 0.1) is 18.3 Å². The number of fused-ring (bicyclic) bond motifs is 1. The number of rotatable bonds is 4. The molecular weight excluding hydrogens is 352 g/mol. The molecule has 1 aliphatic heterocycles. The predicted octanol–water partition coefficient (Wildman–Crippen LogP) is 3.46. The summed E-state index contributed by atoms with van der Waals surface area (Å²) in [5.41, 5.74) is 7.56. The maximum atomic E-state index is 12.3. The summed E-state index contributed by atoms with van der Waals surface area (Å²) in [7, 11) is 1.59. The van der Waals surface area contributed by atoms with Crippen molar-refractivity contribution < 1.29 is 19.0 Å². The van der Waals surface area contributed by atoms with Crippen LogP contribution in [-0.2, 0) is 4.74 Å². The standard InChI is InChI=1S/C19H18N2O4S/c1-4-24-19(22)14-10(2)26-17-15(11-5-7-12(23-3)8-6-11)13(9-20)18(21)25-16(14)17/h5-8,15H,4,21H2,1-3H3. The second kappa shape index (κ2) is 7.10. The third-order valence-electron chi connectivity index (χ3n) is 4.14. The highest BCUT2D eigenvalue weighted by Gasteiger charge is 2.37. The second-order valence-electron chi connectivity index (χ2n) is 5.65. The molecule has 134 valence electrons. The number of methoxy groups -OCH3 is 1. The first-order valence-electron chi connectivity index (χ1n) is 8.03. The average Bonchev–Trinajstić information content (AvgIpc) is 2.96. The molecule has 0 saturated carbocycles. The van der Waals surface area contributed by atoms with Crippen molar-refractivity contribution in [3.8, 4) is 17.6 Å². The molecule has 0 aliphatic carbocycles. The van der Waals surface area contributed by atoms with Gasteiger partial charge in [-0.15, -0.1) is 11.3 Å². The van der Waals surface area contributed by atoms with Crippen molar-refractivity contribution in [1.29, 1.82) is 5.26 Å². The molecule has 0 spiro atoms. The topological polar surface area (TPSA) is 94.6 Å². The molecule has 1 aromatic carbocycles. The van der Waals surface area contributed by atoms with Crippen molar-refractivity contribution in [2.75, 3.05) is 13.7 Å². The van der Waals surface area contributed by atoms with Gasteiger partial charge in [-0.05, 0) is 31.5 Å². The van der Waals surface area contributed by atoms with Gasteiger partial charge in [0, 0.05) is 4.88 Å². The predicted molar refractivity (Wildman–Crippen MR) is 97.3 cm³/mol. The lowest BCUT2D eigenvalue weighted by atomic mass is 9.88. The number of benzene rings is 1. The fraction of sp³-hybridized carbons (Fsp3) is 0.263. The van der Waals surface area contributed by atoms with Crippen LogP contribution >= 0.6 is 11.3 Å². The molecular formula is C19H18N2O4S. The molecule has 0 fully saturated rings. The number of nitrogens with two attached hydrogens (primary N) is 1. The minimum atomic E-state index is -0.454. The van der Waals surface area contributed by atoms with Crippen molar-refractivity contribution in [1.82, 2.24) is 0 Å². The fourth-order valence-electron chi connectivity index (χ4n) is 2.95. The van der Waals surface area contributed by atoms with Gasteiger partial charge < -0.3 is 19.9 Å². The molecule has 1 aliphatic rings. The number of ether oxygens (including phenoxy) is 3. The number of aryl methyl sites for hydroxylation is 1. The second-order valence-corrected chi connectivity index (χ2v) is 6.90. The summed E-state index contributed by atoms with van der Waals surface area (Å²) < 4.78 is 16.0. The lowest BCUT2D eigenvalue weighted by Crippen LogP contribution is -2.21. The van der Waals surface area contributed by atoms with E-state index in [0.717, 1.165) is 15.3 Å². The van der Waals surface area contributed by atoms with Gasteiger partial charge in [-0.3, -0.25) is 0 Å². The molecule has 0 bridgehead atoms. The summed E-state index contributed by atoms with van der Waals surface area (Å²) in [4.78, 5) is 13.9. The summed E-state index contributed by atoms with van der Waals surface area (Å²) in [5, 5.41) is 9.61. The van der Waals surface area contributed by atoms with Gasteiger partial charge in [-0.2, -0.15) is 5.26 Å². The smallest absolute Gasteiger partial charge is 0.343 e. The summed E-state index contributed by atoms with van der Waals surface area (Å²) in [6.07, 6.45) is 0. The number of nitriles is 1. The van der Waals surface area contributed by atoms with Gasteiger partial charge in [0.25, 0.3) is 0 Å². The first-order valence-corrected chi connectivity index (χ1v) is 8.85. The van der Waals surface area contributed by atoms with Gasteiger partial charge in [0.05, 0.1) is 24.5 Å². The molecule has 26 heavy (non-hydrogen) atoms. The number of nitrogens with zero attached hydrogens (tertiary/aromatic N) is 1. The molecule has 0 radical (unpaired) electrons. The fourth-order valence-corrected chi connectivity index (χ4v) is 4.16. The van der Waals surface area contributed by atoms with Crippen molar-refractivity contribution in [2.45, 2.75) is 19.8 Å². The maximum absolute atomic E-state index is 12.3. The van der Waals surface area contributed by atoms with Crippen LogP contribution in [0.4, 0.5) is 0 Å². The van der Waals surface area contributed by atoms with Crippen LogP contribution in [0.1, 0.15) is 38.5 Å². The third kappa shape index (κ3) is 2.89. The maximum Gasteiger partial charge on any atom is 0.343 e. The molecule has 1 unspecified atom stereocenters. The Labute approximate surface area is 155 Å². The first kappa shape index (κ1) is 17.8. The van der Waals surface area contributed by atoms with Gasteiger partial charge in [-0.25, -0.2) is 4.79 Å². The van der Waals surface area contributed by atoms with Gasteiger partial charge in [0.1, 0.15) is 23.0 Å². The van der Waals surface area contributed by atoms with E-state index in [-0.39, 0.29) is 12.5 Å². The Morgan fingerprint density at radius 2 is 2.08 bits per heavy atom. The normalized spacial score (nSPS) is 15.7. The highest BCUT2D eigenvalue weighted by molar-refractivity contribution is 7.12. The molecule has 1 aromatic heterocycles. The van der Waals surface area contributed by atoms with Crippen LogP contribution in [0.3, 0.4) is 0 Å². The molecule has 0 saturated heterocycles. The lowest BCUT2D eigenvalue weighted by molar-refractivity contribution is 0.0522. The summed E-state index contributed by atoms with van der Waals surface area (Å²) >= 11 is 1.41. The highest BCUT2D eigenvalue weighted by Crippen LogP contribution is 2.49. The number of thiophene rings is 1. The number of hydrogen-bond donors (Lipinski definition) is 1. The molecule has 6 nitrogen and oxygen atoms in total. The quantitative estimate of drug-likeness (QED) is 0.828. The van der Waals surface area contributed by atoms with E-state index in [1.807, 2.05) is 31.2 Å². The van der Waals surface area contributed by atoms with Gasteiger partial charge >= 0.3 is 5.97 Å². The van der Waals surface area contributed by atoms with E-state index in [9.17, 15) is 10.1 Å². The summed E-state index contributed by atoms with van der Waals surface area (Å²) in [6.45, 7) is 3.83. The Balaban J connectivity index is 2.17. The lowest BCUT2D eigenvalue weighted by Gasteiger charge is -2.24. The summed E-state index contributed by atoms with van der Waals surface area (Å²) in [5.74, 6) is 0.240. The minimum absolute atomic E-state index is 0.00386. The van der Waals surface area contributed by atoms with Crippen molar-refractivity contribution >= 4 is 17.3 Å². The molecule has 1 atom stereocenters. The van der Waals surface area contributed by atoms with Crippen molar-refractivity contribution in [2.24, 2.45) is 5.73 Å². The number of carbonyl (C=O) groups is 1. The third-order valence-corrected chi connectivity index (χ3v) is 5.29. The Hall–Kier alpha value is -2.98. The van der Waals surface area contributed by atoms with Crippen LogP contribution in [0.15, 0.2) is 35.7 Å². The molecule has 7 heteroatoms. The first-order chi connectivity index (χ1) is 12.5. The molecule has 2 N–H and O–H groups in total. The molecule has 2 heterocycles. The van der Waals surface area contributed by atoms with Crippen LogP contribution in [0.25, 0.3) is 0 Å².